The molecule has 0 bridgehead atoms. The Hall–Kier alpha value is -2.67. The van der Waals surface area contributed by atoms with Crippen LogP contribution in [0.15, 0.2) is 42.6 Å². The van der Waals surface area contributed by atoms with Crippen molar-refractivity contribution in [3.05, 3.63) is 53.9 Å². The minimum Gasteiger partial charge on any atom is -0.219 e. The molecule has 18 heavy (non-hydrogen) atoms. The van der Waals surface area contributed by atoms with E-state index >= 15 is 0 Å². The van der Waals surface area contributed by atoms with Gasteiger partial charge in [0.25, 0.3) is 0 Å². The molecule has 4 nitrogen and oxygen atoms in total. The van der Waals surface area contributed by atoms with Crippen LogP contribution in [0, 0.1) is 18.3 Å². The molecule has 0 fully saturated rings. The summed E-state index contributed by atoms with van der Waals surface area (Å²) in [5, 5.41) is 13.3. The van der Waals surface area contributed by atoms with Crippen molar-refractivity contribution in [2.45, 2.75) is 6.92 Å². The molecule has 0 amide bonds. The maximum atomic E-state index is 8.81. The van der Waals surface area contributed by atoms with Gasteiger partial charge < -0.3 is 0 Å². The second-order valence-electron chi connectivity index (χ2n) is 4.13. The number of nitriles is 1. The molecule has 0 radical (unpaired) electrons. The van der Waals surface area contributed by atoms with E-state index in [1.807, 2.05) is 43.3 Å². The van der Waals surface area contributed by atoms with Crippen LogP contribution in [0.1, 0.15) is 11.3 Å². The Balaban J connectivity index is 2.16. The van der Waals surface area contributed by atoms with Crippen LogP contribution in [-0.4, -0.2) is 14.6 Å². The molecule has 1 aromatic carbocycles. The largest absolute Gasteiger partial charge is 0.219 e. The van der Waals surface area contributed by atoms with Gasteiger partial charge in [0.1, 0.15) is 6.07 Å². The number of fused-ring (bicyclic) bond motifs is 1. The van der Waals surface area contributed by atoms with E-state index in [2.05, 4.69) is 16.1 Å². The smallest absolute Gasteiger partial charge is 0.161 e. The molecule has 0 N–H and O–H groups in total. The summed E-state index contributed by atoms with van der Waals surface area (Å²) in [6.45, 7) is 2.05. The summed E-state index contributed by atoms with van der Waals surface area (Å²) >= 11 is 0. The Labute approximate surface area is 104 Å². The van der Waals surface area contributed by atoms with E-state index in [1.165, 1.54) is 5.56 Å². The highest BCUT2D eigenvalue weighted by molar-refractivity contribution is 5.61. The highest BCUT2D eigenvalue weighted by atomic mass is 15.2. The van der Waals surface area contributed by atoms with Gasteiger partial charge >= 0.3 is 0 Å². The average Bonchev–Trinajstić information content (AvgIpc) is 2.80. The fourth-order valence-corrected chi connectivity index (χ4v) is 1.89. The van der Waals surface area contributed by atoms with Crippen molar-refractivity contribution in [3.8, 4) is 17.3 Å². The maximum Gasteiger partial charge on any atom is 0.161 e. The van der Waals surface area contributed by atoms with E-state index in [9.17, 15) is 0 Å². The van der Waals surface area contributed by atoms with Gasteiger partial charge in [0.15, 0.2) is 11.3 Å². The van der Waals surface area contributed by atoms with Gasteiger partial charge in [0, 0.05) is 5.56 Å². The predicted octanol–water partition coefficient (Wildman–Crippen LogP) is 2.58. The van der Waals surface area contributed by atoms with Crippen molar-refractivity contribution >= 4 is 5.65 Å². The summed E-state index contributed by atoms with van der Waals surface area (Å²) in [5.41, 5.74) is 4.18. The zero-order valence-corrected chi connectivity index (χ0v) is 9.83. The first-order valence-corrected chi connectivity index (χ1v) is 5.60. The molecule has 3 rings (SSSR count). The van der Waals surface area contributed by atoms with Gasteiger partial charge in [-0.25, -0.2) is 9.50 Å². The second kappa shape index (κ2) is 3.97. The SMILES string of the molecule is Cc1cccc(-c2ccc3nc(C#N)cn3n2)c1. The number of aryl methyl sites for hydroxylation is 1. The number of aromatic nitrogens is 3. The summed E-state index contributed by atoms with van der Waals surface area (Å²) in [4.78, 5) is 4.12. The van der Waals surface area contributed by atoms with Crippen molar-refractivity contribution in [1.82, 2.24) is 14.6 Å². The topological polar surface area (TPSA) is 54.0 Å². The van der Waals surface area contributed by atoms with Crippen molar-refractivity contribution in [2.24, 2.45) is 0 Å². The van der Waals surface area contributed by atoms with Crippen LogP contribution >= 0.6 is 0 Å². The third-order valence-corrected chi connectivity index (χ3v) is 2.75. The van der Waals surface area contributed by atoms with E-state index in [4.69, 9.17) is 5.26 Å². The lowest BCUT2D eigenvalue weighted by Crippen LogP contribution is -1.93. The minimum atomic E-state index is 0.379. The molecule has 4 heteroatoms. The lowest BCUT2D eigenvalue weighted by atomic mass is 10.1. The molecular weight excluding hydrogens is 224 g/mol. The summed E-state index contributed by atoms with van der Waals surface area (Å²) in [5.74, 6) is 0. The van der Waals surface area contributed by atoms with Crippen LogP contribution in [-0.2, 0) is 0 Å². The Bertz CT molecular complexity index is 765. The highest BCUT2D eigenvalue weighted by Gasteiger charge is 2.04. The molecule has 0 saturated carbocycles. The van der Waals surface area contributed by atoms with E-state index in [0.29, 0.717) is 11.3 Å². The van der Waals surface area contributed by atoms with Gasteiger partial charge in [-0.05, 0) is 25.1 Å². The number of imidazole rings is 1. The van der Waals surface area contributed by atoms with Crippen LogP contribution in [0.25, 0.3) is 16.9 Å². The van der Waals surface area contributed by atoms with Gasteiger partial charge in [-0.15, -0.1) is 0 Å². The first kappa shape index (κ1) is 10.5. The van der Waals surface area contributed by atoms with Gasteiger partial charge in [0.2, 0.25) is 0 Å². The Morgan fingerprint density at radius 2 is 2.11 bits per heavy atom. The molecule has 0 aliphatic heterocycles. The van der Waals surface area contributed by atoms with E-state index < -0.39 is 0 Å². The minimum absolute atomic E-state index is 0.379. The first-order valence-electron chi connectivity index (χ1n) is 5.60. The predicted molar refractivity (Wildman–Crippen MR) is 67.9 cm³/mol. The maximum absolute atomic E-state index is 8.81. The van der Waals surface area contributed by atoms with Crippen molar-refractivity contribution < 1.29 is 0 Å². The van der Waals surface area contributed by atoms with Crippen LogP contribution < -0.4 is 0 Å². The molecule has 3 aromatic rings. The lowest BCUT2D eigenvalue weighted by molar-refractivity contribution is 0.942. The van der Waals surface area contributed by atoms with Crippen LogP contribution in [0.5, 0.6) is 0 Å². The normalized spacial score (nSPS) is 10.4. The van der Waals surface area contributed by atoms with Crippen molar-refractivity contribution in [2.75, 3.05) is 0 Å². The monoisotopic (exact) mass is 234 g/mol. The average molecular weight is 234 g/mol. The van der Waals surface area contributed by atoms with Gasteiger partial charge in [-0.1, -0.05) is 23.8 Å². The van der Waals surface area contributed by atoms with Gasteiger partial charge in [0.05, 0.1) is 11.9 Å². The summed E-state index contributed by atoms with van der Waals surface area (Å²) < 4.78 is 1.64. The van der Waals surface area contributed by atoms with Crippen LogP contribution in [0.2, 0.25) is 0 Å². The number of nitrogens with zero attached hydrogens (tertiary/aromatic N) is 4. The molecule has 0 aliphatic rings. The molecule has 0 saturated heterocycles. The Kier molecular flexibility index (Phi) is 2.31. The summed E-state index contributed by atoms with van der Waals surface area (Å²) in [6, 6.07) is 13.9. The molecule has 2 aromatic heterocycles. The van der Waals surface area contributed by atoms with E-state index in [-0.39, 0.29) is 0 Å². The highest BCUT2D eigenvalue weighted by Crippen LogP contribution is 2.18. The summed E-state index contributed by atoms with van der Waals surface area (Å²) in [7, 11) is 0. The fraction of sp³-hybridized carbons (Fsp3) is 0.0714. The van der Waals surface area contributed by atoms with Crippen LogP contribution in [0.4, 0.5) is 0 Å². The molecule has 0 aliphatic carbocycles. The first-order chi connectivity index (χ1) is 8.76. The Morgan fingerprint density at radius 3 is 2.89 bits per heavy atom. The molecule has 2 heterocycles. The zero-order chi connectivity index (χ0) is 12.5. The Morgan fingerprint density at radius 1 is 1.22 bits per heavy atom. The molecular formula is C14H10N4. The molecule has 86 valence electrons. The molecule has 0 atom stereocenters. The third kappa shape index (κ3) is 1.72. The molecule has 0 spiro atoms. The van der Waals surface area contributed by atoms with Crippen LogP contribution in [0.3, 0.4) is 0 Å². The van der Waals surface area contributed by atoms with Crippen molar-refractivity contribution in [3.63, 3.8) is 0 Å². The lowest BCUT2D eigenvalue weighted by Gasteiger charge is -2.02. The number of hydrogen-bond acceptors (Lipinski definition) is 3. The number of rotatable bonds is 1. The van der Waals surface area contributed by atoms with Gasteiger partial charge in [-0.3, -0.25) is 0 Å². The van der Waals surface area contributed by atoms with E-state index in [0.717, 1.165) is 11.3 Å². The molecule has 0 unspecified atom stereocenters. The number of benzene rings is 1. The van der Waals surface area contributed by atoms with E-state index in [1.54, 1.807) is 10.7 Å². The second-order valence-corrected chi connectivity index (χ2v) is 4.13. The zero-order valence-electron chi connectivity index (χ0n) is 9.83. The summed E-state index contributed by atoms with van der Waals surface area (Å²) in [6.07, 6.45) is 1.63. The fourth-order valence-electron chi connectivity index (χ4n) is 1.89. The standard InChI is InChI=1S/C14H10N4/c1-10-3-2-4-11(7-10)13-5-6-14-16-12(8-15)9-18(14)17-13/h2-7,9H,1H3. The van der Waals surface area contributed by atoms with Gasteiger partial charge in [-0.2, -0.15) is 10.4 Å². The van der Waals surface area contributed by atoms with Crippen molar-refractivity contribution in [1.29, 1.82) is 5.26 Å². The quantitative estimate of drug-likeness (QED) is 0.650. The third-order valence-electron chi connectivity index (χ3n) is 2.75. The number of hydrogen-bond donors (Lipinski definition) is 0.